The number of hydrogen-bond donors (Lipinski definition) is 2. The summed E-state index contributed by atoms with van der Waals surface area (Å²) in [4.78, 5) is 40.6. The summed E-state index contributed by atoms with van der Waals surface area (Å²) in [6, 6.07) is 6.32. The SMILES string of the molecule is CC[C@H](C)[C@H](NC(=O)[C@@H]1CS[C@H]2c3ccccc3C(=O)N12)C(=O)NC[C@@H]1CCCO1. The van der Waals surface area contributed by atoms with Gasteiger partial charge in [0.1, 0.15) is 17.5 Å². The molecule has 0 aliphatic carbocycles. The molecule has 3 aliphatic rings. The average Bonchev–Trinajstić information content (AvgIpc) is 3.49. The Balaban J connectivity index is 1.42. The Morgan fingerprint density at radius 3 is 2.87 bits per heavy atom. The Morgan fingerprint density at radius 1 is 1.33 bits per heavy atom. The minimum Gasteiger partial charge on any atom is -0.376 e. The van der Waals surface area contributed by atoms with Gasteiger partial charge in [0, 0.05) is 24.5 Å². The summed E-state index contributed by atoms with van der Waals surface area (Å²) in [5.41, 5.74) is 1.64. The highest BCUT2D eigenvalue weighted by atomic mass is 32.2. The van der Waals surface area contributed by atoms with Gasteiger partial charge in [0.25, 0.3) is 5.91 Å². The van der Waals surface area contributed by atoms with Crippen LogP contribution < -0.4 is 10.6 Å². The van der Waals surface area contributed by atoms with Crippen molar-refractivity contribution < 1.29 is 19.1 Å². The Labute approximate surface area is 181 Å². The Morgan fingerprint density at radius 2 is 2.13 bits per heavy atom. The van der Waals surface area contributed by atoms with Crippen LogP contribution >= 0.6 is 11.8 Å². The molecule has 1 aromatic rings. The summed E-state index contributed by atoms with van der Waals surface area (Å²) in [6.07, 6.45) is 2.77. The average molecular weight is 432 g/mol. The van der Waals surface area contributed by atoms with Crippen LogP contribution in [0.15, 0.2) is 24.3 Å². The van der Waals surface area contributed by atoms with Gasteiger partial charge in [-0.3, -0.25) is 14.4 Å². The molecule has 0 spiro atoms. The molecule has 0 saturated carbocycles. The first kappa shape index (κ1) is 21.2. The van der Waals surface area contributed by atoms with E-state index in [4.69, 9.17) is 4.74 Å². The van der Waals surface area contributed by atoms with Crippen LogP contribution in [0, 0.1) is 5.92 Å². The number of rotatable bonds is 7. The van der Waals surface area contributed by atoms with Crippen molar-refractivity contribution in [3.63, 3.8) is 0 Å². The van der Waals surface area contributed by atoms with E-state index in [1.165, 1.54) is 0 Å². The number of nitrogens with one attached hydrogen (secondary N) is 2. The fourth-order valence-corrected chi connectivity index (χ4v) is 5.79. The molecular weight excluding hydrogens is 402 g/mol. The zero-order valence-electron chi connectivity index (χ0n) is 17.4. The molecule has 3 amide bonds. The number of hydrogen-bond acceptors (Lipinski definition) is 5. The third-order valence-electron chi connectivity index (χ3n) is 6.32. The van der Waals surface area contributed by atoms with Gasteiger partial charge >= 0.3 is 0 Å². The van der Waals surface area contributed by atoms with E-state index in [-0.39, 0.29) is 35.1 Å². The largest absolute Gasteiger partial charge is 0.376 e. The van der Waals surface area contributed by atoms with E-state index >= 15 is 0 Å². The number of carbonyl (C=O) groups is 3. The van der Waals surface area contributed by atoms with Crippen LogP contribution in [-0.4, -0.2) is 59.7 Å². The van der Waals surface area contributed by atoms with Gasteiger partial charge in [-0.25, -0.2) is 0 Å². The fourth-order valence-electron chi connectivity index (χ4n) is 4.32. The molecule has 162 valence electrons. The number of carbonyl (C=O) groups excluding carboxylic acids is 3. The van der Waals surface area contributed by atoms with Gasteiger partial charge < -0.3 is 20.3 Å². The number of benzene rings is 1. The number of nitrogens with zero attached hydrogens (tertiary/aromatic N) is 1. The van der Waals surface area contributed by atoms with Crippen molar-refractivity contribution in [1.29, 1.82) is 0 Å². The summed E-state index contributed by atoms with van der Waals surface area (Å²) in [7, 11) is 0. The van der Waals surface area contributed by atoms with Gasteiger partial charge in [-0.05, 0) is 30.4 Å². The molecule has 5 atom stereocenters. The van der Waals surface area contributed by atoms with Crippen molar-refractivity contribution in [2.45, 2.75) is 56.7 Å². The molecule has 0 unspecified atom stereocenters. The minimum atomic E-state index is -0.631. The monoisotopic (exact) mass is 431 g/mol. The third kappa shape index (κ3) is 3.95. The maximum atomic E-state index is 13.2. The highest BCUT2D eigenvalue weighted by Crippen LogP contribution is 2.48. The second-order valence-corrected chi connectivity index (χ2v) is 9.37. The first-order valence-electron chi connectivity index (χ1n) is 10.7. The highest BCUT2D eigenvalue weighted by molar-refractivity contribution is 7.99. The molecule has 1 aromatic carbocycles. The zero-order valence-corrected chi connectivity index (χ0v) is 18.2. The Bertz CT molecular complexity index is 826. The molecule has 0 radical (unpaired) electrons. The minimum absolute atomic E-state index is 0.0187. The molecule has 3 aliphatic heterocycles. The van der Waals surface area contributed by atoms with Crippen molar-refractivity contribution in [2.24, 2.45) is 5.92 Å². The predicted octanol–water partition coefficient (Wildman–Crippen LogP) is 2.08. The zero-order chi connectivity index (χ0) is 21.3. The van der Waals surface area contributed by atoms with Crippen LogP contribution in [-0.2, 0) is 14.3 Å². The van der Waals surface area contributed by atoms with Gasteiger partial charge in [0.15, 0.2) is 0 Å². The van der Waals surface area contributed by atoms with Crippen LogP contribution in [0.25, 0.3) is 0 Å². The third-order valence-corrected chi connectivity index (χ3v) is 7.62. The van der Waals surface area contributed by atoms with E-state index in [0.717, 1.165) is 31.4 Å². The number of amides is 3. The molecular formula is C22H29N3O4S. The molecule has 0 aromatic heterocycles. The van der Waals surface area contributed by atoms with E-state index < -0.39 is 12.1 Å². The molecule has 2 fully saturated rings. The number of thioether (sulfide) groups is 1. The summed E-state index contributed by atoms with van der Waals surface area (Å²) in [6.45, 7) is 5.15. The quantitative estimate of drug-likeness (QED) is 0.690. The van der Waals surface area contributed by atoms with E-state index in [1.807, 2.05) is 38.1 Å². The lowest BCUT2D eigenvalue weighted by molar-refractivity contribution is -0.132. The van der Waals surface area contributed by atoms with Crippen molar-refractivity contribution >= 4 is 29.5 Å². The van der Waals surface area contributed by atoms with Crippen LogP contribution in [0.1, 0.15) is 54.4 Å². The lowest BCUT2D eigenvalue weighted by Crippen LogP contribution is -2.56. The van der Waals surface area contributed by atoms with E-state index in [1.54, 1.807) is 16.7 Å². The molecule has 7 nitrogen and oxygen atoms in total. The van der Waals surface area contributed by atoms with E-state index in [2.05, 4.69) is 10.6 Å². The standard InChI is InChI=1S/C22H29N3O4S/c1-3-13(2)18(20(27)23-11-14-7-6-10-29-14)24-19(26)17-12-30-22-16-9-5-4-8-15(16)21(28)25(17)22/h4-5,8-9,13-14,17-18,22H,3,6-7,10-12H2,1-2H3,(H,23,27)(H,24,26)/t13-,14-,17-,18-,22-/m0/s1. The maximum absolute atomic E-state index is 13.2. The van der Waals surface area contributed by atoms with Crippen LogP contribution in [0.3, 0.4) is 0 Å². The second kappa shape index (κ2) is 8.98. The maximum Gasteiger partial charge on any atom is 0.256 e. The second-order valence-electron chi connectivity index (χ2n) is 8.25. The molecule has 3 heterocycles. The summed E-state index contributed by atoms with van der Waals surface area (Å²) in [5, 5.41) is 5.76. The van der Waals surface area contributed by atoms with Crippen LogP contribution in [0.2, 0.25) is 0 Å². The fraction of sp³-hybridized carbons (Fsp3) is 0.591. The Hall–Kier alpha value is -2.06. The molecule has 2 N–H and O–H groups in total. The Kier molecular flexibility index (Phi) is 6.34. The predicted molar refractivity (Wildman–Crippen MR) is 115 cm³/mol. The van der Waals surface area contributed by atoms with Crippen molar-refractivity contribution in [2.75, 3.05) is 18.9 Å². The molecule has 2 saturated heterocycles. The normalized spacial score (nSPS) is 26.8. The lowest BCUT2D eigenvalue weighted by atomic mass is 9.97. The number of fused-ring (bicyclic) bond motifs is 3. The van der Waals surface area contributed by atoms with Crippen LogP contribution in [0.4, 0.5) is 0 Å². The van der Waals surface area contributed by atoms with Gasteiger partial charge in [0.05, 0.1) is 6.10 Å². The van der Waals surface area contributed by atoms with Crippen LogP contribution in [0.5, 0.6) is 0 Å². The van der Waals surface area contributed by atoms with Crippen molar-refractivity contribution in [3.05, 3.63) is 35.4 Å². The molecule has 30 heavy (non-hydrogen) atoms. The smallest absolute Gasteiger partial charge is 0.256 e. The summed E-state index contributed by atoms with van der Waals surface area (Å²) >= 11 is 1.60. The topological polar surface area (TPSA) is 87.7 Å². The van der Waals surface area contributed by atoms with E-state index in [9.17, 15) is 14.4 Å². The van der Waals surface area contributed by atoms with Gasteiger partial charge in [-0.2, -0.15) is 0 Å². The highest BCUT2D eigenvalue weighted by Gasteiger charge is 2.48. The summed E-state index contributed by atoms with van der Waals surface area (Å²) in [5.74, 6) is -0.0463. The van der Waals surface area contributed by atoms with E-state index in [0.29, 0.717) is 17.9 Å². The van der Waals surface area contributed by atoms with Crippen molar-refractivity contribution in [1.82, 2.24) is 15.5 Å². The molecule has 8 heteroatoms. The lowest BCUT2D eigenvalue weighted by Gasteiger charge is -2.28. The molecule has 0 bridgehead atoms. The van der Waals surface area contributed by atoms with Crippen molar-refractivity contribution in [3.8, 4) is 0 Å². The first-order valence-corrected chi connectivity index (χ1v) is 11.8. The number of ether oxygens (including phenoxy) is 1. The first-order chi connectivity index (χ1) is 14.5. The summed E-state index contributed by atoms with van der Waals surface area (Å²) < 4.78 is 5.57. The van der Waals surface area contributed by atoms with Gasteiger partial charge in [-0.15, -0.1) is 11.8 Å². The van der Waals surface area contributed by atoms with Gasteiger partial charge in [-0.1, -0.05) is 38.5 Å². The molecule has 4 rings (SSSR count). The van der Waals surface area contributed by atoms with Gasteiger partial charge in [0.2, 0.25) is 11.8 Å².